The molecule has 11 amide bonds. The van der Waals surface area contributed by atoms with Crippen LogP contribution in [0.4, 0.5) is 10.5 Å². The van der Waals surface area contributed by atoms with Crippen molar-refractivity contribution in [2.75, 3.05) is 59.8 Å². The highest BCUT2D eigenvalue weighted by Crippen LogP contribution is 2.31. The summed E-state index contributed by atoms with van der Waals surface area (Å²) in [6, 6.07) is 21.7. The molecular weight excluding hydrogens is 1330 g/mol. The number of aliphatic hydroxyl groups excluding tert-OH is 1. The maximum absolute atomic E-state index is 14.9. The van der Waals surface area contributed by atoms with Crippen LogP contribution in [0.2, 0.25) is 0 Å². The molecule has 26 heteroatoms. The van der Waals surface area contributed by atoms with Crippen LogP contribution >= 0.6 is 0 Å². The number of benzene rings is 4. The Morgan fingerprint density at radius 3 is 1.97 bits per heavy atom. The average Bonchev–Trinajstić information content (AvgIpc) is 1.30. The Hall–Kier alpha value is -9.11. The van der Waals surface area contributed by atoms with Gasteiger partial charge in [-0.2, -0.15) is 0 Å². The summed E-state index contributed by atoms with van der Waals surface area (Å²) in [5, 5.41) is 27.4. The first-order valence-corrected chi connectivity index (χ1v) is 36.5. The number of nitrogens with one attached hydrogen (secondary N) is 5. The van der Waals surface area contributed by atoms with E-state index < -0.39 is 138 Å². The number of aliphatic hydroxyl groups is 1. The minimum Gasteiger partial charge on any atom is -0.445 e. The van der Waals surface area contributed by atoms with E-state index >= 15 is 0 Å². The van der Waals surface area contributed by atoms with Gasteiger partial charge in [0, 0.05) is 78.6 Å². The Labute approximate surface area is 611 Å². The number of amides is 11. The fourth-order valence-electron chi connectivity index (χ4n) is 14.4. The number of methoxy groups -OCH3 is 2. The number of carbonyl (C=O) groups is 11. The molecule has 3 aliphatic rings. The van der Waals surface area contributed by atoms with Gasteiger partial charge in [0.25, 0.3) is 11.8 Å². The molecule has 0 saturated carbocycles. The van der Waals surface area contributed by atoms with E-state index in [2.05, 4.69) is 26.6 Å². The van der Waals surface area contributed by atoms with E-state index in [0.29, 0.717) is 74.8 Å². The molecule has 104 heavy (non-hydrogen) atoms. The molecule has 7 rings (SSSR count). The molecule has 2 saturated heterocycles. The average molecular weight is 1440 g/mol. The van der Waals surface area contributed by atoms with Crippen molar-refractivity contribution in [1.29, 1.82) is 0 Å². The summed E-state index contributed by atoms with van der Waals surface area (Å²) < 4.78 is 17.9. The van der Waals surface area contributed by atoms with Gasteiger partial charge in [0.05, 0.1) is 48.8 Å². The number of rotatable bonds is 37. The van der Waals surface area contributed by atoms with Crippen LogP contribution < -0.4 is 32.3 Å². The topological polar surface area (TPSA) is 338 Å². The molecule has 13 atom stereocenters. The van der Waals surface area contributed by atoms with Crippen LogP contribution in [0.15, 0.2) is 109 Å². The third-order valence-electron chi connectivity index (χ3n) is 20.5. The summed E-state index contributed by atoms with van der Waals surface area (Å²) in [5.74, 6) is -6.55. The van der Waals surface area contributed by atoms with Crippen molar-refractivity contribution in [2.45, 2.75) is 199 Å². The molecule has 3 heterocycles. The van der Waals surface area contributed by atoms with E-state index in [-0.39, 0.29) is 63.1 Å². The second-order valence-electron chi connectivity index (χ2n) is 28.4. The normalized spacial score (nSPS) is 18.4. The Kier molecular flexibility index (Phi) is 30.9. The van der Waals surface area contributed by atoms with E-state index in [1.807, 2.05) is 74.5 Å². The molecule has 0 spiro atoms. The fourth-order valence-corrected chi connectivity index (χ4v) is 14.4. The number of likely N-dealkylation sites (tertiary alicyclic amines) is 2. The molecule has 4 aromatic rings. The Balaban J connectivity index is 0.962. The van der Waals surface area contributed by atoms with Gasteiger partial charge < -0.3 is 66.3 Å². The van der Waals surface area contributed by atoms with Crippen LogP contribution in [0.1, 0.15) is 142 Å². The van der Waals surface area contributed by atoms with E-state index in [1.165, 1.54) is 31.1 Å². The molecule has 26 nitrogen and oxygen atoms in total. The summed E-state index contributed by atoms with van der Waals surface area (Å²) in [7, 11) is 6.10. The number of nitrogens with zero attached hydrogens (tertiary/aromatic N) is 5. The van der Waals surface area contributed by atoms with E-state index in [0.717, 1.165) is 33.4 Å². The SMILES string of the molecule is CC[C@H](C)[C@@H]([C@@H](CC(=O)N1CCC[C@H]1[C@H](OC)[C@@H](C)C(=O)N[C@H](C)[C@@H](O)c1ccccc1)OC)N(C)C(=O)[C@@H](NC(=O)[C@H](C(C)C)N(C)C(=O)OCc1ccc(NC(=O)[C@H](CCCCN)NC(=O)[C@H](Cc2cccc3ccccc23)NC(=O)[C@@H]2CCCN2C(=O)CCN2C(=O)C=CC2=O)cc1)C(C)C. The maximum Gasteiger partial charge on any atom is 0.410 e. The highest BCUT2D eigenvalue weighted by atomic mass is 16.6. The summed E-state index contributed by atoms with van der Waals surface area (Å²) in [6.07, 6.45) is 2.73. The van der Waals surface area contributed by atoms with E-state index in [1.54, 1.807) is 94.8 Å². The highest BCUT2D eigenvalue weighted by Gasteiger charge is 2.45. The first-order chi connectivity index (χ1) is 49.6. The van der Waals surface area contributed by atoms with Crippen LogP contribution in [-0.4, -0.2) is 210 Å². The van der Waals surface area contributed by atoms with E-state index in [4.69, 9.17) is 19.9 Å². The van der Waals surface area contributed by atoms with Crippen molar-refractivity contribution in [2.24, 2.45) is 29.4 Å². The molecule has 0 radical (unpaired) electrons. The zero-order valence-electron chi connectivity index (χ0n) is 62.3. The predicted octanol–water partition coefficient (Wildman–Crippen LogP) is 6.32. The monoisotopic (exact) mass is 1440 g/mol. The lowest BCUT2D eigenvalue weighted by atomic mass is 9.89. The Bertz CT molecular complexity index is 3630. The first kappa shape index (κ1) is 82.2. The second-order valence-corrected chi connectivity index (χ2v) is 28.4. The second kappa shape index (κ2) is 39.1. The van der Waals surface area contributed by atoms with Crippen LogP contribution in [0.5, 0.6) is 0 Å². The number of imide groups is 1. The predicted molar refractivity (Wildman–Crippen MR) is 393 cm³/mol. The van der Waals surface area contributed by atoms with Crippen molar-refractivity contribution >= 4 is 81.6 Å². The van der Waals surface area contributed by atoms with Gasteiger partial charge in [-0.15, -0.1) is 0 Å². The van der Waals surface area contributed by atoms with Crippen LogP contribution in [-0.2, 0) is 75.2 Å². The summed E-state index contributed by atoms with van der Waals surface area (Å²) in [6.45, 7) is 15.2. The van der Waals surface area contributed by atoms with Gasteiger partial charge in [0.2, 0.25) is 47.3 Å². The first-order valence-electron chi connectivity index (χ1n) is 36.5. The van der Waals surface area contributed by atoms with Crippen molar-refractivity contribution in [3.05, 3.63) is 126 Å². The summed E-state index contributed by atoms with van der Waals surface area (Å²) in [4.78, 5) is 160. The third kappa shape index (κ3) is 21.3. The number of hydrogen-bond acceptors (Lipinski definition) is 16. The third-order valence-corrected chi connectivity index (χ3v) is 20.5. The molecule has 4 aromatic carbocycles. The summed E-state index contributed by atoms with van der Waals surface area (Å²) in [5.41, 5.74) is 8.18. The molecule has 3 aliphatic heterocycles. The molecule has 566 valence electrons. The fraction of sp³-hybridized carbons (Fsp3) is 0.551. The molecule has 0 aliphatic carbocycles. The number of fused-ring (bicyclic) bond motifs is 1. The number of nitrogens with two attached hydrogens (primary N) is 1. The number of unbranched alkanes of at least 4 members (excludes halogenated alkanes) is 1. The van der Waals surface area contributed by atoms with Crippen molar-refractivity contribution in [3.8, 4) is 0 Å². The van der Waals surface area contributed by atoms with Gasteiger partial charge in [0.1, 0.15) is 36.8 Å². The molecule has 2 fully saturated rings. The summed E-state index contributed by atoms with van der Waals surface area (Å²) >= 11 is 0. The van der Waals surface area contributed by atoms with Crippen molar-refractivity contribution in [3.63, 3.8) is 0 Å². The maximum atomic E-state index is 14.9. The van der Waals surface area contributed by atoms with Gasteiger partial charge in [0.15, 0.2) is 0 Å². The molecule has 8 N–H and O–H groups in total. The number of likely N-dealkylation sites (N-methyl/N-ethyl adjacent to an activating group) is 2. The number of ether oxygens (including phenoxy) is 3. The zero-order chi connectivity index (χ0) is 76.1. The van der Waals surface area contributed by atoms with Gasteiger partial charge in [-0.1, -0.05) is 140 Å². The molecule has 0 bridgehead atoms. The van der Waals surface area contributed by atoms with Crippen molar-refractivity contribution < 1.29 is 72.1 Å². The molecule has 0 aromatic heterocycles. The highest BCUT2D eigenvalue weighted by molar-refractivity contribution is 6.13. The van der Waals surface area contributed by atoms with Gasteiger partial charge >= 0.3 is 6.09 Å². The van der Waals surface area contributed by atoms with Gasteiger partial charge in [-0.3, -0.25) is 57.7 Å². The molecular formula is C78H109N11O15. The van der Waals surface area contributed by atoms with Crippen LogP contribution in [0, 0.1) is 23.7 Å². The van der Waals surface area contributed by atoms with Gasteiger partial charge in [-0.25, -0.2) is 4.79 Å². The van der Waals surface area contributed by atoms with E-state index in [9.17, 15) is 57.8 Å². The Morgan fingerprint density at radius 1 is 0.673 bits per heavy atom. The van der Waals surface area contributed by atoms with Crippen LogP contribution in [0.25, 0.3) is 10.8 Å². The molecule has 0 unspecified atom stereocenters. The number of anilines is 1. The number of hydrogen-bond donors (Lipinski definition) is 7. The minimum absolute atomic E-state index is 0.0329. The smallest absolute Gasteiger partial charge is 0.410 e. The van der Waals surface area contributed by atoms with Gasteiger partial charge in [-0.05, 0) is 116 Å². The quantitative estimate of drug-likeness (QED) is 0.0192. The number of carbonyl (C=O) groups excluding carboxylic acids is 11. The lowest BCUT2D eigenvalue weighted by Gasteiger charge is -2.41. The van der Waals surface area contributed by atoms with Crippen LogP contribution in [0.3, 0.4) is 0 Å². The van der Waals surface area contributed by atoms with Crippen molar-refractivity contribution in [1.82, 2.24) is 45.8 Å². The lowest BCUT2D eigenvalue weighted by molar-refractivity contribution is -0.148. The lowest BCUT2D eigenvalue weighted by Crippen LogP contribution is -2.60. The largest absolute Gasteiger partial charge is 0.445 e. The standard InChI is InChI=1S/C78H109N11O15/c1-13-49(6)69(62(102-11)45-66(93)87-41-22-31-60(87)71(103-12)50(7)72(95)80-51(8)70(94)54-25-15-14-16-26-54)85(9)77(100)67(47(2)3)84-76(99)68(48(4)5)86(10)78(101)104-46-52-33-35-56(36-34-52)81-73(96)58(30-19-20-40-79)82-74(97)59(44-55-28-21-27-53-24-17-18-29-57(53)55)83-75(98)61-32-23-42-88(61)65(92)39-43-89-63(90)37-38-64(89)91/h14-18,21,24-29,33-38,47-51,58-62,67-71,94H,13,19-20,22-23,30-32,39-46,79H2,1-12H3,(H,80,95)(H,81,96)(H,82,97)(H,83,98)(H,84,99)/t49-,50+,51+,58-,59-,60-,61-,62+,67-,68-,69-,70+,71+/m0/s1. The zero-order valence-corrected chi connectivity index (χ0v) is 62.3. The Morgan fingerprint density at radius 2 is 1.33 bits per heavy atom. The minimum atomic E-state index is -1.21.